The fraction of sp³-hybridized carbons (Fsp3) is 0.769. The zero-order valence-electron chi connectivity index (χ0n) is 10.4. The molecule has 1 aliphatic rings. The molecule has 1 aromatic heterocycles. The number of aromatic nitrogens is 2. The zero-order chi connectivity index (χ0) is 12.3. The Bertz CT molecular complexity index is 345. The van der Waals surface area contributed by atoms with Gasteiger partial charge in [0.05, 0.1) is 12.3 Å². The lowest BCUT2D eigenvalue weighted by Gasteiger charge is -2.29. The molecule has 0 bridgehead atoms. The van der Waals surface area contributed by atoms with Crippen molar-refractivity contribution in [1.29, 1.82) is 0 Å². The fourth-order valence-corrected chi connectivity index (χ4v) is 2.64. The molecule has 4 nitrogen and oxygen atoms in total. The Morgan fingerprint density at radius 3 is 2.65 bits per heavy atom. The lowest BCUT2D eigenvalue weighted by molar-refractivity contribution is -0.0286. The van der Waals surface area contributed by atoms with Crippen LogP contribution in [-0.2, 0) is 6.54 Å². The quantitative estimate of drug-likeness (QED) is 0.842. The van der Waals surface area contributed by atoms with Gasteiger partial charge in [0.2, 0.25) is 0 Å². The minimum absolute atomic E-state index is 0.240. The Balaban J connectivity index is 2.00. The van der Waals surface area contributed by atoms with Crippen LogP contribution in [0.3, 0.4) is 0 Å². The van der Waals surface area contributed by atoms with E-state index in [9.17, 15) is 10.2 Å². The normalized spacial score (nSPS) is 21.4. The number of aliphatic hydroxyl groups is 2. The molecule has 0 aliphatic heterocycles. The van der Waals surface area contributed by atoms with Gasteiger partial charge in [-0.1, -0.05) is 19.3 Å². The Labute approximate surface area is 102 Å². The second-order valence-corrected chi connectivity index (χ2v) is 4.96. The number of nitrogens with zero attached hydrogens (tertiary/aromatic N) is 2. The number of aliphatic hydroxyl groups excluding tert-OH is 2. The summed E-state index contributed by atoms with van der Waals surface area (Å²) in [5.41, 5.74) is 0.727. The number of aryl methyl sites for hydroxylation is 1. The molecule has 0 aromatic carbocycles. The molecule has 0 saturated heterocycles. The summed E-state index contributed by atoms with van der Waals surface area (Å²) in [6.45, 7) is 2.78. The maximum Gasteiger partial charge on any atom is 0.108 e. The average Bonchev–Trinajstić information content (AvgIpc) is 2.87. The highest BCUT2D eigenvalue weighted by atomic mass is 16.3. The van der Waals surface area contributed by atoms with Crippen LogP contribution in [-0.4, -0.2) is 26.1 Å². The summed E-state index contributed by atoms with van der Waals surface area (Å²) in [5.74, 6) is 0.240. The Hall–Kier alpha value is -0.870. The lowest BCUT2D eigenvalue weighted by Crippen LogP contribution is -2.29. The molecule has 96 valence electrons. The van der Waals surface area contributed by atoms with Crippen LogP contribution in [0.4, 0.5) is 0 Å². The highest BCUT2D eigenvalue weighted by Gasteiger charge is 2.29. The van der Waals surface area contributed by atoms with E-state index in [2.05, 4.69) is 5.10 Å². The van der Waals surface area contributed by atoms with Crippen molar-refractivity contribution in [3.05, 3.63) is 18.0 Å². The van der Waals surface area contributed by atoms with E-state index >= 15 is 0 Å². The summed E-state index contributed by atoms with van der Waals surface area (Å²) in [6.07, 6.45) is 7.68. The van der Waals surface area contributed by atoms with Crippen LogP contribution < -0.4 is 0 Å². The molecular formula is C13H22N2O2. The summed E-state index contributed by atoms with van der Waals surface area (Å²) >= 11 is 0. The molecular weight excluding hydrogens is 216 g/mol. The van der Waals surface area contributed by atoms with Crippen molar-refractivity contribution in [2.75, 3.05) is 0 Å². The summed E-state index contributed by atoms with van der Waals surface area (Å²) in [6, 6.07) is 0. The van der Waals surface area contributed by atoms with Gasteiger partial charge in [-0.2, -0.15) is 5.10 Å². The minimum atomic E-state index is -0.793. The van der Waals surface area contributed by atoms with Gasteiger partial charge in [0.15, 0.2) is 0 Å². The topological polar surface area (TPSA) is 58.3 Å². The largest absolute Gasteiger partial charge is 0.390 e. The first-order chi connectivity index (χ1) is 8.22. The van der Waals surface area contributed by atoms with Crippen LogP contribution in [0.25, 0.3) is 0 Å². The molecule has 17 heavy (non-hydrogen) atoms. The van der Waals surface area contributed by atoms with E-state index in [0.29, 0.717) is 0 Å². The second-order valence-electron chi connectivity index (χ2n) is 4.96. The molecule has 2 atom stereocenters. The molecule has 1 fully saturated rings. The molecule has 0 spiro atoms. The summed E-state index contributed by atoms with van der Waals surface area (Å²) in [4.78, 5) is 0. The number of hydrogen-bond acceptors (Lipinski definition) is 3. The van der Waals surface area contributed by atoms with Gasteiger partial charge in [0.1, 0.15) is 6.10 Å². The summed E-state index contributed by atoms with van der Waals surface area (Å²) < 4.78 is 1.77. The molecule has 4 heteroatoms. The van der Waals surface area contributed by atoms with Gasteiger partial charge in [0.25, 0.3) is 0 Å². The van der Waals surface area contributed by atoms with E-state index in [1.54, 1.807) is 10.9 Å². The summed E-state index contributed by atoms with van der Waals surface area (Å²) in [7, 11) is 0. The number of rotatable bonds is 4. The van der Waals surface area contributed by atoms with E-state index in [0.717, 1.165) is 24.9 Å². The van der Waals surface area contributed by atoms with Crippen LogP contribution in [0.2, 0.25) is 0 Å². The molecule has 2 unspecified atom stereocenters. The number of hydrogen-bond donors (Lipinski definition) is 2. The Morgan fingerprint density at radius 2 is 2.06 bits per heavy atom. The SMILES string of the molecule is CCn1cc(C(O)C(O)C2CCCCC2)cn1. The minimum Gasteiger partial charge on any atom is -0.390 e. The van der Waals surface area contributed by atoms with E-state index in [1.807, 2.05) is 13.1 Å². The van der Waals surface area contributed by atoms with E-state index in [-0.39, 0.29) is 5.92 Å². The van der Waals surface area contributed by atoms with Crippen molar-refractivity contribution in [3.8, 4) is 0 Å². The molecule has 0 radical (unpaired) electrons. The van der Waals surface area contributed by atoms with Crippen molar-refractivity contribution in [2.24, 2.45) is 5.92 Å². The third-order valence-corrected chi connectivity index (χ3v) is 3.78. The van der Waals surface area contributed by atoms with Crippen molar-refractivity contribution >= 4 is 0 Å². The van der Waals surface area contributed by atoms with E-state index < -0.39 is 12.2 Å². The monoisotopic (exact) mass is 238 g/mol. The Morgan fingerprint density at radius 1 is 1.35 bits per heavy atom. The third kappa shape index (κ3) is 2.87. The van der Waals surface area contributed by atoms with Gasteiger partial charge in [-0.15, -0.1) is 0 Å². The van der Waals surface area contributed by atoms with Gasteiger partial charge in [-0.25, -0.2) is 0 Å². The van der Waals surface area contributed by atoms with Crippen LogP contribution >= 0.6 is 0 Å². The van der Waals surface area contributed by atoms with E-state index in [4.69, 9.17) is 0 Å². The van der Waals surface area contributed by atoms with Crippen molar-refractivity contribution in [3.63, 3.8) is 0 Å². The Kier molecular flexibility index (Phi) is 4.18. The first kappa shape index (κ1) is 12.6. The van der Waals surface area contributed by atoms with Gasteiger partial charge in [-0.3, -0.25) is 4.68 Å². The average molecular weight is 238 g/mol. The zero-order valence-corrected chi connectivity index (χ0v) is 10.4. The van der Waals surface area contributed by atoms with Crippen LogP contribution in [0.1, 0.15) is 50.7 Å². The van der Waals surface area contributed by atoms with Gasteiger partial charge in [0, 0.05) is 18.3 Å². The van der Waals surface area contributed by atoms with Crippen molar-refractivity contribution in [1.82, 2.24) is 9.78 Å². The second kappa shape index (κ2) is 5.65. The molecule has 1 heterocycles. The van der Waals surface area contributed by atoms with Crippen molar-refractivity contribution in [2.45, 2.75) is 57.8 Å². The van der Waals surface area contributed by atoms with Gasteiger partial charge in [-0.05, 0) is 25.7 Å². The summed E-state index contributed by atoms with van der Waals surface area (Å²) in [5, 5.41) is 24.5. The standard InChI is InChI=1S/C13H22N2O2/c1-2-15-9-11(8-14-15)13(17)12(16)10-6-4-3-5-7-10/h8-10,12-13,16-17H,2-7H2,1H3. The van der Waals surface area contributed by atoms with Crippen LogP contribution in [0.15, 0.2) is 12.4 Å². The molecule has 1 aromatic rings. The van der Waals surface area contributed by atoms with Gasteiger partial charge >= 0.3 is 0 Å². The van der Waals surface area contributed by atoms with Crippen molar-refractivity contribution < 1.29 is 10.2 Å². The molecule has 1 saturated carbocycles. The molecule has 0 amide bonds. The maximum atomic E-state index is 10.2. The lowest BCUT2D eigenvalue weighted by atomic mass is 9.82. The molecule has 2 rings (SSSR count). The third-order valence-electron chi connectivity index (χ3n) is 3.78. The predicted octanol–water partition coefficient (Wildman–Crippen LogP) is 1.88. The fourth-order valence-electron chi connectivity index (χ4n) is 2.64. The first-order valence-corrected chi connectivity index (χ1v) is 6.61. The molecule has 1 aliphatic carbocycles. The molecule has 2 N–H and O–H groups in total. The maximum absolute atomic E-state index is 10.2. The van der Waals surface area contributed by atoms with E-state index in [1.165, 1.54) is 19.3 Å². The first-order valence-electron chi connectivity index (χ1n) is 6.61. The highest BCUT2D eigenvalue weighted by Crippen LogP contribution is 2.32. The smallest absolute Gasteiger partial charge is 0.108 e. The van der Waals surface area contributed by atoms with Crippen LogP contribution in [0, 0.1) is 5.92 Å². The van der Waals surface area contributed by atoms with Gasteiger partial charge < -0.3 is 10.2 Å². The van der Waals surface area contributed by atoms with Crippen LogP contribution in [0.5, 0.6) is 0 Å². The highest BCUT2D eigenvalue weighted by molar-refractivity contribution is 5.10. The predicted molar refractivity (Wildman–Crippen MR) is 65.4 cm³/mol.